The molecule has 0 aromatic carbocycles. The third-order valence-corrected chi connectivity index (χ3v) is 3.00. The Labute approximate surface area is 95.4 Å². The quantitative estimate of drug-likeness (QED) is 0.715. The smallest absolute Gasteiger partial charge is 0.165 e. The Bertz CT molecular complexity index is 308. The Morgan fingerprint density at radius 1 is 1.44 bits per heavy atom. The van der Waals surface area contributed by atoms with Gasteiger partial charge >= 0.3 is 0 Å². The lowest BCUT2D eigenvalue weighted by atomic mass is 10.2. The van der Waals surface area contributed by atoms with E-state index < -0.39 is 0 Å². The summed E-state index contributed by atoms with van der Waals surface area (Å²) in [6.45, 7) is 2.26. The van der Waals surface area contributed by atoms with Crippen molar-refractivity contribution in [3.05, 3.63) is 5.82 Å². The summed E-state index contributed by atoms with van der Waals surface area (Å²) in [5.74, 6) is 0.933. The van der Waals surface area contributed by atoms with Crippen LogP contribution < -0.4 is 5.32 Å². The summed E-state index contributed by atoms with van der Waals surface area (Å²) in [6.07, 6.45) is 4.99. The normalized spacial score (nSPS) is 17.1. The van der Waals surface area contributed by atoms with Crippen LogP contribution >= 0.6 is 0 Å². The maximum Gasteiger partial charge on any atom is 0.165 e. The fourth-order valence-corrected chi connectivity index (χ4v) is 2.14. The molecular formula is C10H19N5O. The number of ether oxygens (including phenoxy) is 1. The second-order valence-corrected chi connectivity index (χ2v) is 4.15. The highest BCUT2D eigenvalue weighted by Crippen LogP contribution is 2.28. The van der Waals surface area contributed by atoms with Crippen LogP contribution in [0.5, 0.6) is 0 Å². The second kappa shape index (κ2) is 5.91. The fourth-order valence-electron chi connectivity index (χ4n) is 2.14. The molecule has 90 valence electrons. The van der Waals surface area contributed by atoms with E-state index in [0.717, 1.165) is 12.4 Å². The predicted octanol–water partition coefficient (Wildman–Crippen LogP) is 0.524. The molecule has 2 rings (SSSR count). The van der Waals surface area contributed by atoms with E-state index in [1.54, 1.807) is 7.11 Å². The summed E-state index contributed by atoms with van der Waals surface area (Å²) in [4.78, 5) is 0. The molecule has 1 aromatic heterocycles. The van der Waals surface area contributed by atoms with E-state index in [0.29, 0.717) is 19.2 Å². The first-order valence-electron chi connectivity index (χ1n) is 5.88. The van der Waals surface area contributed by atoms with E-state index in [9.17, 15) is 0 Å². The van der Waals surface area contributed by atoms with Gasteiger partial charge in [-0.15, -0.1) is 5.10 Å². The van der Waals surface area contributed by atoms with Gasteiger partial charge in [-0.3, -0.25) is 0 Å². The molecule has 0 bridgehead atoms. The van der Waals surface area contributed by atoms with Crippen molar-refractivity contribution in [2.24, 2.45) is 0 Å². The van der Waals surface area contributed by atoms with Crippen molar-refractivity contribution in [3.63, 3.8) is 0 Å². The molecule has 1 heterocycles. The molecule has 0 spiro atoms. The molecule has 1 aliphatic carbocycles. The predicted molar refractivity (Wildman–Crippen MR) is 58.9 cm³/mol. The van der Waals surface area contributed by atoms with Crippen LogP contribution in [0.2, 0.25) is 0 Å². The average molecular weight is 225 g/mol. The first-order valence-corrected chi connectivity index (χ1v) is 5.88. The van der Waals surface area contributed by atoms with Crippen LogP contribution in [-0.2, 0) is 11.3 Å². The lowest BCUT2D eigenvalue weighted by Gasteiger charge is -2.11. The monoisotopic (exact) mass is 225 g/mol. The van der Waals surface area contributed by atoms with Crippen molar-refractivity contribution in [1.82, 2.24) is 25.5 Å². The van der Waals surface area contributed by atoms with Crippen molar-refractivity contribution in [3.8, 4) is 0 Å². The number of tetrazole rings is 1. The maximum absolute atomic E-state index is 4.97. The largest absolute Gasteiger partial charge is 0.383 e. The summed E-state index contributed by atoms with van der Waals surface area (Å²) < 4.78 is 6.95. The summed E-state index contributed by atoms with van der Waals surface area (Å²) >= 11 is 0. The van der Waals surface area contributed by atoms with E-state index in [1.807, 2.05) is 4.68 Å². The second-order valence-electron chi connectivity index (χ2n) is 4.15. The Hall–Kier alpha value is -1.01. The van der Waals surface area contributed by atoms with Crippen LogP contribution in [-0.4, -0.2) is 40.5 Å². The van der Waals surface area contributed by atoms with Crippen LogP contribution in [0.1, 0.15) is 37.5 Å². The van der Waals surface area contributed by atoms with Crippen LogP contribution in [0.3, 0.4) is 0 Å². The zero-order chi connectivity index (χ0) is 11.2. The molecule has 0 radical (unpaired) electrons. The maximum atomic E-state index is 4.97. The van der Waals surface area contributed by atoms with Crippen LogP contribution in [0, 0.1) is 0 Å². The molecule has 0 saturated heterocycles. The first kappa shape index (κ1) is 11.5. The molecule has 6 heteroatoms. The Morgan fingerprint density at radius 2 is 2.25 bits per heavy atom. The van der Waals surface area contributed by atoms with Crippen LogP contribution in [0.15, 0.2) is 0 Å². The molecule has 0 unspecified atom stereocenters. The molecular weight excluding hydrogens is 206 g/mol. The molecule has 1 N–H and O–H groups in total. The van der Waals surface area contributed by atoms with E-state index in [-0.39, 0.29) is 0 Å². The van der Waals surface area contributed by atoms with Gasteiger partial charge in [0.15, 0.2) is 5.82 Å². The lowest BCUT2D eigenvalue weighted by Crippen LogP contribution is -2.22. The zero-order valence-electron chi connectivity index (χ0n) is 9.72. The van der Waals surface area contributed by atoms with Gasteiger partial charge in [-0.25, -0.2) is 4.68 Å². The van der Waals surface area contributed by atoms with Crippen molar-refractivity contribution < 1.29 is 4.74 Å². The van der Waals surface area contributed by atoms with Gasteiger partial charge in [0.25, 0.3) is 0 Å². The molecule has 6 nitrogen and oxygen atoms in total. The average Bonchev–Trinajstić information content (AvgIpc) is 2.94. The Morgan fingerprint density at radius 3 is 3.00 bits per heavy atom. The number of hydrogen-bond donors (Lipinski definition) is 1. The molecule has 16 heavy (non-hydrogen) atoms. The van der Waals surface area contributed by atoms with Crippen LogP contribution in [0.25, 0.3) is 0 Å². The minimum Gasteiger partial charge on any atom is -0.383 e. The summed E-state index contributed by atoms with van der Waals surface area (Å²) in [5, 5.41) is 15.2. The van der Waals surface area contributed by atoms with Crippen molar-refractivity contribution >= 4 is 0 Å². The van der Waals surface area contributed by atoms with Crippen molar-refractivity contribution in [1.29, 1.82) is 0 Å². The molecule has 1 fully saturated rings. The Kier molecular flexibility index (Phi) is 4.24. The minimum atomic E-state index is 0.509. The van der Waals surface area contributed by atoms with Crippen LogP contribution in [0.4, 0.5) is 0 Å². The van der Waals surface area contributed by atoms with Gasteiger partial charge < -0.3 is 10.1 Å². The van der Waals surface area contributed by atoms with Gasteiger partial charge in [0, 0.05) is 13.7 Å². The summed E-state index contributed by atoms with van der Waals surface area (Å²) in [5.41, 5.74) is 0. The molecule has 0 atom stereocenters. The number of rotatable bonds is 6. The Balaban J connectivity index is 1.86. The highest BCUT2D eigenvalue weighted by Gasteiger charge is 2.20. The zero-order valence-corrected chi connectivity index (χ0v) is 9.72. The third-order valence-electron chi connectivity index (χ3n) is 3.00. The minimum absolute atomic E-state index is 0.509. The topological polar surface area (TPSA) is 64.9 Å². The molecule has 1 aliphatic rings. The molecule has 1 aromatic rings. The number of nitrogens with one attached hydrogen (secondary N) is 1. The van der Waals surface area contributed by atoms with Gasteiger partial charge in [-0.1, -0.05) is 12.8 Å². The highest BCUT2D eigenvalue weighted by molar-refractivity contribution is 4.85. The fraction of sp³-hybridized carbons (Fsp3) is 0.900. The van der Waals surface area contributed by atoms with Gasteiger partial charge in [-0.05, 0) is 23.3 Å². The molecule has 1 saturated carbocycles. The number of hydrogen-bond acceptors (Lipinski definition) is 5. The number of aromatic nitrogens is 4. The third kappa shape index (κ3) is 2.76. The SMILES string of the molecule is COCCNCc1nnnn1C1CCCC1. The number of nitrogens with zero attached hydrogens (tertiary/aromatic N) is 4. The highest BCUT2D eigenvalue weighted by atomic mass is 16.5. The standard InChI is InChI=1S/C10H19N5O/c1-16-7-6-11-8-10-12-13-14-15(10)9-4-2-3-5-9/h9,11H,2-8H2,1H3. The number of methoxy groups -OCH3 is 1. The van der Waals surface area contributed by atoms with Crippen molar-refractivity contribution in [2.75, 3.05) is 20.3 Å². The van der Waals surface area contributed by atoms with E-state index in [1.165, 1.54) is 25.7 Å². The molecule has 0 amide bonds. The van der Waals surface area contributed by atoms with Gasteiger partial charge in [0.05, 0.1) is 19.2 Å². The van der Waals surface area contributed by atoms with E-state index >= 15 is 0 Å². The van der Waals surface area contributed by atoms with E-state index in [2.05, 4.69) is 20.8 Å². The summed E-state index contributed by atoms with van der Waals surface area (Å²) in [7, 11) is 1.70. The van der Waals surface area contributed by atoms with Crippen molar-refractivity contribution in [2.45, 2.75) is 38.3 Å². The van der Waals surface area contributed by atoms with Gasteiger partial charge in [0.2, 0.25) is 0 Å². The first-order chi connectivity index (χ1) is 7.92. The van der Waals surface area contributed by atoms with Gasteiger partial charge in [0.1, 0.15) is 0 Å². The molecule has 0 aliphatic heterocycles. The lowest BCUT2D eigenvalue weighted by molar-refractivity contribution is 0.198. The summed E-state index contributed by atoms with van der Waals surface area (Å²) in [6, 6.07) is 0.509. The van der Waals surface area contributed by atoms with E-state index in [4.69, 9.17) is 4.74 Å². The van der Waals surface area contributed by atoms with Gasteiger partial charge in [-0.2, -0.15) is 0 Å².